The smallest absolute Gasteiger partial charge is 0.129 e. The van der Waals surface area contributed by atoms with Crippen LogP contribution in [-0.4, -0.2) is 43.4 Å². The van der Waals surface area contributed by atoms with Gasteiger partial charge in [0.1, 0.15) is 12.4 Å². The number of ether oxygens (including phenoxy) is 1. The third-order valence-corrected chi connectivity index (χ3v) is 1.71. The maximum Gasteiger partial charge on any atom is 0.129 e. The molecule has 0 aliphatic carbocycles. The highest BCUT2D eigenvalue weighted by Crippen LogP contribution is 2.02. The van der Waals surface area contributed by atoms with Crippen LogP contribution >= 0.6 is 0 Å². The molecule has 1 heterocycles. The summed E-state index contributed by atoms with van der Waals surface area (Å²) in [6, 6.07) is 3.66. The molecule has 0 aliphatic heterocycles. The standard InChI is InChI=1S/C10H17NO3/c1-11(2)6-9(12)7-13-8-10-4-3-5-14-10/h3-5,9,12H,6-8H2,1-2H3/t9-/m1/s1. The van der Waals surface area contributed by atoms with E-state index in [0.29, 0.717) is 19.8 Å². The molecule has 0 aliphatic rings. The summed E-state index contributed by atoms with van der Waals surface area (Å²) in [6.45, 7) is 1.36. The quantitative estimate of drug-likeness (QED) is 0.733. The molecular formula is C10H17NO3. The highest BCUT2D eigenvalue weighted by Gasteiger charge is 2.05. The molecule has 80 valence electrons. The van der Waals surface area contributed by atoms with Gasteiger partial charge in [-0.2, -0.15) is 0 Å². The largest absolute Gasteiger partial charge is 0.467 e. The van der Waals surface area contributed by atoms with Gasteiger partial charge in [-0.3, -0.25) is 0 Å². The molecule has 0 amide bonds. The van der Waals surface area contributed by atoms with Crippen LogP contribution in [0.25, 0.3) is 0 Å². The summed E-state index contributed by atoms with van der Waals surface area (Å²) in [5.41, 5.74) is 0. The third kappa shape index (κ3) is 4.41. The normalized spacial score (nSPS) is 13.4. The molecule has 1 rings (SSSR count). The molecule has 0 saturated carbocycles. The fourth-order valence-corrected chi connectivity index (χ4v) is 1.16. The molecule has 0 saturated heterocycles. The summed E-state index contributed by atoms with van der Waals surface area (Å²) in [4.78, 5) is 1.92. The Kier molecular flexibility index (Phi) is 4.65. The average Bonchev–Trinajstić information content (AvgIpc) is 2.55. The van der Waals surface area contributed by atoms with Crippen molar-refractivity contribution in [2.45, 2.75) is 12.7 Å². The van der Waals surface area contributed by atoms with Crippen LogP contribution in [0.15, 0.2) is 22.8 Å². The molecule has 4 nitrogen and oxygen atoms in total. The lowest BCUT2D eigenvalue weighted by Crippen LogP contribution is -2.29. The zero-order valence-corrected chi connectivity index (χ0v) is 8.64. The van der Waals surface area contributed by atoms with E-state index in [-0.39, 0.29) is 0 Å². The maximum atomic E-state index is 9.45. The van der Waals surface area contributed by atoms with E-state index in [1.807, 2.05) is 31.1 Å². The van der Waals surface area contributed by atoms with Crippen LogP contribution in [0.3, 0.4) is 0 Å². The van der Waals surface area contributed by atoms with Crippen molar-refractivity contribution in [3.8, 4) is 0 Å². The van der Waals surface area contributed by atoms with Crippen LogP contribution in [0, 0.1) is 0 Å². The summed E-state index contributed by atoms with van der Waals surface area (Å²) in [7, 11) is 3.82. The van der Waals surface area contributed by atoms with E-state index in [9.17, 15) is 5.11 Å². The van der Waals surface area contributed by atoms with Crippen molar-refractivity contribution >= 4 is 0 Å². The Labute approximate surface area is 84.1 Å². The van der Waals surface area contributed by atoms with Gasteiger partial charge >= 0.3 is 0 Å². The summed E-state index contributed by atoms with van der Waals surface area (Å²) >= 11 is 0. The Bertz CT molecular complexity index is 234. The summed E-state index contributed by atoms with van der Waals surface area (Å²) in [6.07, 6.45) is 1.16. The predicted octanol–water partition coefficient (Wildman–Crippen LogP) is 0.719. The van der Waals surface area contributed by atoms with E-state index in [1.165, 1.54) is 0 Å². The van der Waals surface area contributed by atoms with Gasteiger partial charge in [-0.25, -0.2) is 0 Å². The fourth-order valence-electron chi connectivity index (χ4n) is 1.16. The van der Waals surface area contributed by atoms with E-state index in [2.05, 4.69) is 0 Å². The molecule has 14 heavy (non-hydrogen) atoms. The SMILES string of the molecule is CN(C)C[C@@H](O)COCc1ccco1. The lowest BCUT2D eigenvalue weighted by molar-refractivity contribution is 0.0115. The highest BCUT2D eigenvalue weighted by molar-refractivity contribution is 4.96. The number of aliphatic hydroxyl groups is 1. The van der Waals surface area contributed by atoms with Crippen molar-refractivity contribution in [2.75, 3.05) is 27.2 Å². The molecule has 0 unspecified atom stereocenters. The number of likely N-dealkylation sites (N-methyl/N-ethyl adjacent to an activating group) is 1. The molecule has 0 spiro atoms. The Morgan fingerprint density at radius 1 is 1.57 bits per heavy atom. The molecule has 0 fully saturated rings. The fraction of sp³-hybridized carbons (Fsp3) is 0.600. The molecular weight excluding hydrogens is 182 g/mol. The van der Waals surface area contributed by atoms with Crippen molar-refractivity contribution in [3.05, 3.63) is 24.2 Å². The maximum absolute atomic E-state index is 9.45. The Morgan fingerprint density at radius 3 is 2.93 bits per heavy atom. The zero-order chi connectivity index (χ0) is 10.4. The van der Waals surface area contributed by atoms with Gasteiger partial charge in [0.15, 0.2) is 0 Å². The average molecular weight is 199 g/mol. The van der Waals surface area contributed by atoms with Gasteiger partial charge in [-0.1, -0.05) is 0 Å². The molecule has 1 N–H and O–H groups in total. The highest BCUT2D eigenvalue weighted by atomic mass is 16.5. The molecule has 1 aromatic heterocycles. The van der Waals surface area contributed by atoms with E-state index in [4.69, 9.17) is 9.15 Å². The Morgan fingerprint density at radius 2 is 2.36 bits per heavy atom. The van der Waals surface area contributed by atoms with E-state index in [0.717, 1.165) is 5.76 Å². The molecule has 0 bridgehead atoms. The second kappa shape index (κ2) is 5.80. The number of aliphatic hydroxyl groups excluding tert-OH is 1. The van der Waals surface area contributed by atoms with Crippen molar-refractivity contribution in [2.24, 2.45) is 0 Å². The first-order valence-corrected chi connectivity index (χ1v) is 4.61. The van der Waals surface area contributed by atoms with Crippen molar-refractivity contribution < 1.29 is 14.3 Å². The van der Waals surface area contributed by atoms with Crippen LogP contribution < -0.4 is 0 Å². The van der Waals surface area contributed by atoms with Gasteiger partial charge in [0.25, 0.3) is 0 Å². The van der Waals surface area contributed by atoms with Crippen molar-refractivity contribution in [1.29, 1.82) is 0 Å². The zero-order valence-electron chi connectivity index (χ0n) is 8.64. The molecule has 0 aromatic carbocycles. The van der Waals surface area contributed by atoms with Crippen molar-refractivity contribution in [1.82, 2.24) is 4.90 Å². The molecule has 1 atom stereocenters. The number of hydrogen-bond donors (Lipinski definition) is 1. The Hall–Kier alpha value is -0.840. The topological polar surface area (TPSA) is 45.8 Å². The second-order valence-electron chi connectivity index (χ2n) is 3.51. The molecule has 0 radical (unpaired) electrons. The number of rotatable bonds is 6. The van der Waals surface area contributed by atoms with Crippen LogP contribution in [0.2, 0.25) is 0 Å². The van der Waals surface area contributed by atoms with Gasteiger partial charge in [-0.15, -0.1) is 0 Å². The van der Waals surface area contributed by atoms with Gasteiger partial charge < -0.3 is 19.2 Å². The van der Waals surface area contributed by atoms with E-state index in [1.54, 1.807) is 6.26 Å². The monoisotopic (exact) mass is 199 g/mol. The van der Waals surface area contributed by atoms with Gasteiger partial charge in [0.2, 0.25) is 0 Å². The van der Waals surface area contributed by atoms with Gasteiger partial charge in [0.05, 0.1) is 19.0 Å². The van der Waals surface area contributed by atoms with E-state index < -0.39 is 6.10 Å². The first kappa shape index (κ1) is 11.2. The lowest BCUT2D eigenvalue weighted by Gasteiger charge is -2.15. The molecule has 1 aromatic rings. The first-order chi connectivity index (χ1) is 6.68. The summed E-state index contributed by atoms with van der Waals surface area (Å²) in [5, 5.41) is 9.45. The van der Waals surface area contributed by atoms with Crippen molar-refractivity contribution in [3.63, 3.8) is 0 Å². The Balaban J connectivity index is 2.09. The lowest BCUT2D eigenvalue weighted by atomic mass is 10.3. The third-order valence-electron chi connectivity index (χ3n) is 1.71. The van der Waals surface area contributed by atoms with Crippen LogP contribution in [-0.2, 0) is 11.3 Å². The number of nitrogens with zero attached hydrogens (tertiary/aromatic N) is 1. The van der Waals surface area contributed by atoms with Crippen LogP contribution in [0.4, 0.5) is 0 Å². The predicted molar refractivity (Wildman–Crippen MR) is 52.9 cm³/mol. The second-order valence-corrected chi connectivity index (χ2v) is 3.51. The minimum atomic E-state index is -0.444. The first-order valence-electron chi connectivity index (χ1n) is 4.61. The van der Waals surface area contributed by atoms with E-state index >= 15 is 0 Å². The minimum Gasteiger partial charge on any atom is -0.467 e. The number of hydrogen-bond acceptors (Lipinski definition) is 4. The molecule has 4 heteroatoms. The summed E-state index contributed by atoms with van der Waals surface area (Å²) in [5.74, 6) is 0.780. The van der Waals surface area contributed by atoms with Gasteiger partial charge in [-0.05, 0) is 26.2 Å². The van der Waals surface area contributed by atoms with Crippen LogP contribution in [0.5, 0.6) is 0 Å². The van der Waals surface area contributed by atoms with Gasteiger partial charge in [0, 0.05) is 6.54 Å². The van der Waals surface area contributed by atoms with Crippen LogP contribution in [0.1, 0.15) is 5.76 Å². The summed E-state index contributed by atoms with van der Waals surface area (Å²) < 4.78 is 10.3. The number of furan rings is 1. The minimum absolute atomic E-state index is 0.332.